The van der Waals surface area contributed by atoms with E-state index in [4.69, 9.17) is 9.40 Å². The van der Waals surface area contributed by atoms with Gasteiger partial charge in [-0.05, 0) is 90.1 Å². The van der Waals surface area contributed by atoms with Gasteiger partial charge >= 0.3 is 0 Å². The SMILES string of the molecule is CCN1C(=CC=C2CCCc3cc4cc(-c5nc6ccccc6s5)c(=O)cc-4oc32)C(C)(C)c2c1ccc1ccccc21. The molecule has 5 heteroatoms. The molecule has 0 spiro atoms. The van der Waals surface area contributed by atoms with Crippen LogP contribution in [0, 0.1) is 0 Å². The van der Waals surface area contributed by atoms with Gasteiger partial charge in [0.25, 0.3) is 0 Å². The van der Waals surface area contributed by atoms with Crippen molar-refractivity contribution in [1.29, 1.82) is 0 Å². The first-order valence-corrected chi connectivity index (χ1v) is 15.9. The second-order valence-corrected chi connectivity index (χ2v) is 13.2. The first kappa shape index (κ1) is 26.2. The molecule has 0 saturated heterocycles. The molecule has 0 unspecified atom stereocenters. The Balaban J connectivity index is 1.21. The number of aryl methyl sites for hydroxylation is 1. The molecular formula is C38H32N2O2S. The van der Waals surface area contributed by atoms with E-state index < -0.39 is 0 Å². The van der Waals surface area contributed by atoms with Gasteiger partial charge in [0, 0.05) is 35.0 Å². The number of fused-ring (bicyclic) bond motifs is 6. The largest absolute Gasteiger partial charge is 0.456 e. The van der Waals surface area contributed by atoms with Crippen molar-refractivity contribution >= 4 is 43.6 Å². The number of nitrogens with zero attached hydrogens (tertiary/aromatic N) is 2. The average Bonchev–Trinajstić information content (AvgIpc) is 3.54. The number of para-hydroxylation sites is 1. The number of thiazole rings is 1. The minimum Gasteiger partial charge on any atom is -0.456 e. The van der Waals surface area contributed by atoms with E-state index in [2.05, 4.69) is 80.3 Å². The Hall–Kier alpha value is -4.48. The van der Waals surface area contributed by atoms with Gasteiger partial charge in [0.2, 0.25) is 0 Å². The van der Waals surface area contributed by atoms with E-state index in [1.807, 2.05) is 30.3 Å². The molecule has 4 aromatic rings. The number of hydrogen-bond acceptors (Lipinski definition) is 5. The molecule has 3 heterocycles. The molecule has 2 aliphatic carbocycles. The fourth-order valence-corrected chi connectivity index (χ4v) is 8.10. The predicted molar refractivity (Wildman–Crippen MR) is 179 cm³/mol. The van der Waals surface area contributed by atoms with Crippen LogP contribution in [0.5, 0.6) is 0 Å². The molecule has 0 bridgehead atoms. The number of hydrogen-bond donors (Lipinski definition) is 0. The Morgan fingerprint density at radius 1 is 0.977 bits per heavy atom. The number of anilines is 1. The minimum atomic E-state index is -0.143. The molecule has 0 saturated carbocycles. The summed E-state index contributed by atoms with van der Waals surface area (Å²) in [4.78, 5) is 20.5. The predicted octanol–water partition coefficient (Wildman–Crippen LogP) is 9.60. The standard InChI is InChI=1S/C38H32N2O2S/c1-4-40-30-18-16-23-10-5-6-13-27(23)35(30)38(2,3)34(40)19-17-24-11-9-12-25-20-26-21-28(31(41)22-32(26)42-36(24)25)37-39-29-14-7-8-15-33(29)43-37/h5-8,10,13-22H,4,9,11-12H2,1-3H3. The molecule has 43 heavy (non-hydrogen) atoms. The summed E-state index contributed by atoms with van der Waals surface area (Å²) in [5, 5.41) is 3.36. The Kier molecular flexibility index (Phi) is 5.95. The molecule has 3 aromatic carbocycles. The summed E-state index contributed by atoms with van der Waals surface area (Å²) in [6.07, 6.45) is 7.54. The summed E-state index contributed by atoms with van der Waals surface area (Å²) in [5.41, 5.74) is 8.67. The normalized spacial score (nSPS) is 17.8. The number of rotatable bonds is 3. The van der Waals surface area contributed by atoms with Crippen LogP contribution in [0.2, 0.25) is 0 Å². The van der Waals surface area contributed by atoms with Gasteiger partial charge < -0.3 is 9.32 Å². The van der Waals surface area contributed by atoms with Gasteiger partial charge in [0.15, 0.2) is 5.43 Å². The maximum atomic E-state index is 13.3. The van der Waals surface area contributed by atoms with Gasteiger partial charge in [-0.3, -0.25) is 4.79 Å². The number of allylic oxidation sites excluding steroid dienone is 4. The van der Waals surface area contributed by atoms with Crippen molar-refractivity contribution in [2.24, 2.45) is 0 Å². The van der Waals surface area contributed by atoms with E-state index in [-0.39, 0.29) is 10.8 Å². The third-order valence-corrected chi connectivity index (χ3v) is 10.2. The van der Waals surface area contributed by atoms with Crippen molar-refractivity contribution in [3.8, 4) is 21.9 Å². The van der Waals surface area contributed by atoms with Crippen LogP contribution in [0.4, 0.5) is 5.69 Å². The number of benzene rings is 4. The summed E-state index contributed by atoms with van der Waals surface area (Å²) in [7, 11) is 0. The summed E-state index contributed by atoms with van der Waals surface area (Å²) in [5.74, 6) is 1.54. The van der Waals surface area contributed by atoms with Crippen LogP contribution in [0.3, 0.4) is 0 Å². The molecule has 1 aromatic heterocycles. The highest BCUT2D eigenvalue weighted by atomic mass is 32.1. The van der Waals surface area contributed by atoms with E-state index in [0.29, 0.717) is 11.3 Å². The maximum Gasteiger partial charge on any atom is 0.192 e. The molecule has 2 aliphatic heterocycles. The maximum absolute atomic E-state index is 13.3. The highest BCUT2D eigenvalue weighted by Crippen LogP contribution is 2.51. The first-order chi connectivity index (χ1) is 20.9. The summed E-state index contributed by atoms with van der Waals surface area (Å²) < 4.78 is 7.62. The number of aromatic nitrogens is 1. The van der Waals surface area contributed by atoms with Gasteiger partial charge in [0.1, 0.15) is 16.5 Å². The molecule has 212 valence electrons. The van der Waals surface area contributed by atoms with Crippen molar-refractivity contribution < 1.29 is 4.42 Å². The topological polar surface area (TPSA) is 46.3 Å². The van der Waals surface area contributed by atoms with Gasteiger partial charge in [-0.25, -0.2) is 4.98 Å². The van der Waals surface area contributed by atoms with Crippen molar-refractivity contribution in [3.05, 3.63) is 124 Å². The van der Waals surface area contributed by atoms with E-state index in [0.717, 1.165) is 52.4 Å². The van der Waals surface area contributed by atoms with Gasteiger partial charge in [-0.2, -0.15) is 0 Å². The lowest BCUT2D eigenvalue weighted by molar-refractivity contribution is 0.526. The Morgan fingerprint density at radius 3 is 2.67 bits per heavy atom. The third kappa shape index (κ3) is 4.09. The van der Waals surface area contributed by atoms with Crippen molar-refractivity contribution in [2.75, 3.05) is 11.4 Å². The Morgan fingerprint density at radius 2 is 1.81 bits per heavy atom. The molecule has 8 rings (SSSR count). The molecular weight excluding hydrogens is 548 g/mol. The zero-order valence-electron chi connectivity index (χ0n) is 24.6. The van der Waals surface area contributed by atoms with Crippen LogP contribution in [0.25, 0.3) is 48.5 Å². The summed E-state index contributed by atoms with van der Waals surface area (Å²) in [6.45, 7) is 7.80. The van der Waals surface area contributed by atoms with E-state index in [1.165, 1.54) is 38.9 Å². The average molecular weight is 581 g/mol. The fourth-order valence-electron chi connectivity index (χ4n) is 7.12. The molecule has 0 radical (unpaired) electrons. The Bertz CT molecular complexity index is 2130. The lowest BCUT2D eigenvalue weighted by Crippen LogP contribution is -2.25. The van der Waals surface area contributed by atoms with Gasteiger partial charge in [-0.1, -0.05) is 62.4 Å². The monoisotopic (exact) mass is 580 g/mol. The number of likely N-dealkylation sites (N-methyl/N-ethyl adjacent to an activating group) is 1. The van der Waals surface area contributed by atoms with Crippen LogP contribution < -0.4 is 10.3 Å². The summed E-state index contributed by atoms with van der Waals surface area (Å²) in [6, 6.07) is 27.0. The van der Waals surface area contributed by atoms with Crippen LogP contribution in [0.15, 0.2) is 106 Å². The second kappa shape index (κ2) is 9.78. The van der Waals surface area contributed by atoms with Gasteiger partial charge in [-0.15, -0.1) is 11.3 Å². The zero-order chi connectivity index (χ0) is 29.3. The van der Waals surface area contributed by atoms with Crippen LogP contribution in [-0.4, -0.2) is 11.5 Å². The zero-order valence-corrected chi connectivity index (χ0v) is 25.4. The van der Waals surface area contributed by atoms with Crippen LogP contribution >= 0.6 is 11.3 Å². The first-order valence-electron chi connectivity index (χ1n) is 15.1. The molecule has 0 amide bonds. The van der Waals surface area contributed by atoms with E-state index >= 15 is 0 Å². The van der Waals surface area contributed by atoms with Gasteiger partial charge in [0.05, 0.1) is 15.8 Å². The lowest BCUT2D eigenvalue weighted by Gasteiger charge is -2.26. The van der Waals surface area contributed by atoms with Crippen molar-refractivity contribution in [1.82, 2.24) is 4.98 Å². The highest BCUT2D eigenvalue weighted by molar-refractivity contribution is 7.21. The second-order valence-electron chi connectivity index (χ2n) is 12.1. The highest BCUT2D eigenvalue weighted by Gasteiger charge is 2.40. The Labute approximate surface area is 255 Å². The third-order valence-electron chi connectivity index (χ3n) is 9.17. The van der Waals surface area contributed by atoms with Crippen LogP contribution in [0.1, 0.15) is 50.5 Å². The molecule has 0 N–H and O–H groups in total. The minimum absolute atomic E-state index is 0.0602. The van der Waals surface area contributed by atoms with E-state index in [1.54, 1.807) is 17.4 Å². The van der Waals surface area contributed by atoms with Crippen molar-refractivity contribution in [2.45, 2.75) is 45.4 Å². The van der Waals surface area contributed by atoms with Crippen molar-refractivity contribution in [3.63, 3.8) is 0 Å². The smallest absolute Gasteiger partial charge is 0.192 e. The molecule has 4 nitrogen and oxygen atoms in total. The van der Waals surface area contributed by atoms with Crippen LogP contribution in [-0.2, 0) is 11.8 Å². The summed E-state index contributed by atoms with van der Waals surface area (Å²) >= 11 is 1.56. The fraction of sp³-hybridized carbons (Fsp3) is 0.211. The van der Waals surface area contributed by atoms with E-state index in [9.17, 15) is 4.79 Å². The molecule has 4 aliphatic rings. The molecule has 0 atom stereocenters. The lowest BCUT2D eigenvalue weighted by atomic mass is 9.81. The molecule has 0 fully saturated rings. The quantitative estimate of drug-likeness (QED) is 0.209.